The van der Waals surface area contributed by atoms with Gasteiger partial charge in [0.1, 0.15) is 10.7 Å². The Morgan fingerprint density at radius 3 is 2.45 bits per heavy atom. The number of methoxy groups -OCH3 is 1. The minimum atomic E-state index is -3.80. The summed E-state index contributed by atoms with van der Waals surface area (Å²) < 4.78 is 37.8. The van der Waals surface area contributed by atoms with E-state index in [4.69, 9.17) is 20.2 Å². The number of aliphatic carboxylic acids is 1. The molecule has 0 saturated heterocycles. The summed E-state index contributed by atoms with van der Waals surface area (Å²) >= 11 is 1.49. The van der Waals surface area contributed by atoms with E-state index in [9.17, 15) is 18.3 Å². The average Bonchev–Trinajstić information content (AvgIpc) is 3.55. The highest BCUT2D eigenvalue weighted by Crippen LogP contribution is 2.43. The Hall–Kier alpha value is -3.53. The van der Waals surface area contributed by atoms with Crippen molar-refractivity contribution in [2.75, 3.05) is 32.3 Å². The van der Waals surface area contributed by atoms with E-state index in [1.165, 1.54) is 23.0 Å². The monoisotopic (exact) mass is 587 g/mol. The van der Waals surface area contributed by atoms with Gasteiger partial charge in [0, 0.05) is 53.9 Å². The quantitative estimate of drug-likeness (QED) is 0.273. The number of sulfone groups is 1. The van der Waals surface area contributed by atoms with Crippen LogP contribution in [0.25, 0.3) is 27.6 Å². The van der Waals surface area contributed by atoms with Crippen molar-refractivity contribution in [1.82, 2.24) is 29.5 Å². The molecule has 15 heteroatoms. The van der Waals surface area contributed by atoms with Gasteiger partial charge in [0.05, 0.1) is 25.1 Å². The molecule has 0 unspecified atom stereocenters. The van der Waals surface area contributed by atoms with Crippen LogP contribution in [0.15, 0.2) is 29.7 Å². The molecule has 0 radical (unpaired) electrons. The van der Waals surface area contributed by atoms with E-state index in [2.05, 4.69) is 20.1 Å². The predicted octanol–water partition coefficient (Wildman–Crippen LogP) is 2.75. The lowest BCUT2D eigenvalue weighted by atomic mass is 9.77. The molecule has 4 aromatic rings. The summed E-state index contributed by atoms with van der Waals surface area (Å²) in [5.74, 6) is -0.980. The molecule has 5 rings (SSSR count). The lowest BCUT2D eigenvalue weighted by Gasteiger charge is -2.36. The number of ether oxygens (including phenoxy) is 2. The fraction of sp³-hybridized carbons (Fsp3) is 0.440. The lowest BCUT2D eigenvalue weighted by molar-refractivity contribution is -0.173. The maximum atomic E-state index is 12.9. The molecule has 4 heterocycles. The largest absolute Gasteiger partial charge is 0.479 e. The normalized spacial score (nSPS) is 19.7. The van der Waals surface area contributed by atoms with E-state index >= 15 is 0 Å². The summed E-state index contributed by atoms with van der Waals surface area (Å²) in [6, 6.07) is 0. The van der Waals surface area contributed by atoms with Crippen LogP contribution < -0.4 is 5.73 Å². The molecule has 0 amide bonds. The highest BCUT2D eigenvalue weighted by molar-refractivity contribution is 7.91. The maximum absolute atomic E-state index is 12.9. The number of aromatic nitrogens is 6. The van der Waals surface area contributed by atoms with E-state index in [-0.39, 0.29) is 42.7 Å². The van der Waals surface area contributed by atoms with E-state index in [0.29, 0.717) is 46.1 Å². The molecule has 0 spiro atoms. The van der Waals surface area contributed by atoms with Gasteiger partial charge in [-0.2, -0.15) is 9.61 Å². The summed E-state index contributed by atoms with van der Waals surface area (Å²) in [6.07, 6.45) is 8.71. The van der Waals surface area contributed by atoms with Crippen molar-refractivity contribution in [2.24, 2.45) is 0 Å². The van der Waals surface area contributed by atoms with Gasteiger partial charge in [-0.15, -0.1) is 11.3 Å². The fourth-order valence-corrected chi connectivity index (χ4v) is 6.78. The SMILES string of the molecule is COCCO[C@]1(C(=O)O)CC[C@H](c2nc3c(-c4cnc(-c5ncc(C)s5)nc4)cnn3c(N)c2S(C)(=O)=O)CC1. The van der Waals surface area contributed by atoms with Gasteiger partial charge in [-0.3, -0.25) is 0 Å². The number of fused-ring (bicyclic) bond motifs is 1. The highest BCUT2D eigenvalue weighted by Gasteiger charge is 2.44. The topological polar surface area (TPSA) is 185 Å². The van der Waals surface area contributed by atoms with E-state index in [0.717, 1.165) is 11.1 Å². The Balaban J connectivity index is 1.53. The van der Waals surface area contributed by atoms with Crippen LogP contribution in [0.2, 0.25) is 0 Å². The van der Waals surface area contributed by atoms with Gasteiger partial charge in [-0.1, -0.05) is 0 Å². The van der Waals surface area contributed by atoms with Gasteiger partial charge in [-0.05, 0) is 32.6 Å². The summed E-state index contributed by atoms with van der Waals surface area (Å²) in [7, 11) is -2.29. The van der Waals surface area contributed by atoms with Crippen LogP contribution in [0, 0.1) is 6.92 Å². The second kappa shape index (κ2) is 10.8. The van der Waals surface area contributed by atoms with Crippen molar-refractivity contribution in [1.29, 1.82) is 0 Å². The van der Waals surface area contributed by atoms with E-state index in [1.807, 2.05) is 6.92 Å². The zero-order valence-corrected chi connectivity index (χ0v) is 23.8. The Bertz CT molecular complexity index is 1660. The first-order chi connectivity index (χ1) is 19.0. The molecule has 40 heavy (non-hydrogen) atoms. The standard InChI is InChI=1S/C25H29N7O6S2/c1-14-10-29-23(39-14)21-27-11-16(12-28-21)17-13-30-32-20(26)19(40(3,35)36)18(31-22(17)32)15-4-6-25(7-5-15,24(33)34)38-9-8-37-2/h10-13,15H,4-9,26H2,1-3H3,(H,33,34)/t15-,25+. The molecule has 4 aromatic heterocycles. The number of hydrogen-bond donors (Lipinski definition) is 2. The smallest absolute Gasteiger partial charge is 0.335 e. The summed E-state index contributed by atoms with van der Waals surface area (Å²) in [5, 5.41) is 14.9. The van der Waals surface area contributed by atoms with Crippen molar-refractivity contribution >= 4 is 38.6 Å². The van der Waals surface area contributed by atoms with E-state index < -0.39 is 21.4 Å². The zero-order chi connectivity index (χ0) is 28.7. The van der Waals surface area contributed by atoms with Gasteiger partial charge in [-0.25, -0.2) is 33.1 Å². The molecule has 1 fully saturated rings. The number of nitrogen functional groups attached to an aromatic ring is 1. The number of thiazole rings is 1. The zero-order valence-electron chi connectivity index (χ0n) is 22.2. The van der Waals surface area contributed by atoms with Gasteiger partial charge in [0.15, 0.2) is 31.9 Å². The second-order valence-corrected chi connectivity index (χ2v) is 13.0. The number of nitrogens with two attached hydrogens (primary N) is 1. The van der Waals surface area contributed by atoms with Gasteiger partial charge >= 0.3 is 5.97 Å². The number of anilines is 1. The summed E-state index contributed by atoms with van der Waals surface area (Å²) in [5.41, 5.74) is 6.88. The summed E-state index contributed by atoms with van der Waals surface area (Å²) in [6.45, 7) is 2.36. The Morgan fingerprint density at radius 1 is 1.18 bits per heavy atom. The molecule has 3 N–H and O–H groups in total. The lowest BCUT2D eigenvalue weighted by Crippen LogP contribution is -2.45. The third-order valence-electron chi connectivity index (χ3n) is 7.05. The number of rotatable bonds is 9. The molecule has 0 atom stereocenters. The molecule has 1 aliphatic rings. The van der Waals surface area contributed by atoms with Crippen molar-refractivity contribution in [3.63, 3.8) is 0 Å². The molecule has 0 aromatic carbocycles. The molecular weight excluding hydrogens is 558 g/mol. The first-order valence-corrected chi connectivity index (χ1v) is 15.2. The van der Waals surface area contributed by atoms with Crippen LogP contribution in [-0.4, -0.2) is 81.2 Å². The molecule has 212 valence electrons. The van der Waals surface area contributed by atoms with Crippen molar-refractivity contribution in [3.05, 3.63) is 35.4 Å². The minimum Gasteiger partial charge on any atom is -0.479 e. The average molecular weight is 588 g/mol. The van der Waals surface area contributed by atoms with Crippen LogP contribution in [0.5, 0.6) is 0 Å². The number of carboxylic acids is 1. The number of hydrogen-bond acceptors (Lipinski definition) is 12. The van der Waals surface area contributed by atoms with Crippen LogP contribution in [0.1, 0.15) is 42.2 Å². The molecular formula is C25H29N7O6S2. The van der Waals surface area contributed by atoms with Gasteiger partial charge in [0.25, 0.3) is 0 Å². The maximum Gasteiger partial charge on any atom is 0.335 e. The molecule has 13 nitrogen and oxygen atoms in total. The Kier molecular flexibility index (Phi) is 7.56. The molecule has 1 saturated carbocycles. The Labute approximate surface area is 234 Å². The van der Waals surface area contributed by atoms with Crippen LogP contribution >= 0.6 is 11.3 Å². The number of aryl methyl sites for hydroxylation is 1. The molecule has 0 bridgehead atoms. The van der Waals surface area contributed by atoms with E-state index in [1.54, 1.807) is 24.8 Å². The van der Waals surface area contributed by atoms with Crippen molar-refractivity contribution in [2.45, 2.75) is 49.0 Å². The highest BCUT2D eigenvalue weighted by atomic mass is 32.2. The van der Waals surface area contributed by atoms with Crippen molar-refractivity contribution < 1.29 is 27.8 Å². The minimum absolute atomic E-state index is 0.0593. The second-order valence-electron chi connectivity index (χ2n) is 9.76. The first-order valence-electron chi connectivity index (χ1n) is 12.5. The number of nitrogens with zero attached hydrogens (tertiary/aromatic N) is 6. The number of carboxylic acid groups (broad SMARTS) is 1. The Morgan fingerprint density at radius 2 is 1.88 bits per heavy atom. The third kappa shape index (κ3) is 5.16. The summed E-state index contributed by atoms with van der Waals surface area (Å²) in [4.78, 5) is 31.1. The van der Waals surface area contributed by atoms with Gasteiger partial charge < -0.3 is 20.3 Å². The van der Waals surface area contributed by atoms with Crippen LogP contribution in [0.3, 0.4) is 0 Å². The van der Waals surface area contributed by atoms with Gasteiger partial charge in [0.2, 0.25) is 0 Å². The first kappa shape index (κ1) is 28.0. The fourth-order valence-electron chi connectivity index (χ4n) is 5.01. The predicted molar refractivity (Wildman–Crippen MR) is 147 cm³/mol. The van der Waals surface area contributed by atoms with Crippen molar-refractivity contribution in [3.8, 4) is 22.0 Å². The third-order valence-corrected chi connectivity index (χ3v) is 9.11. The molecule has 1 aliphatic carbocycles. The number of carbonyl (C=O) groups is 1. The van der Waals surface area contributed by atoms with Crippen LogP contribution in [-0.2, 0) is 24.1 Å². The molecule has 0 aliphatic heterocycles. The van der Waals surface area contributed by atoms with Crippen LogP contribution in [0.4, 0.5) is 5.82 Å².